The van der Waals surface area contributed by atoms with Gasteiger partial charge in [0, 0.05) is 18.8 Å². The van der Waals surface area contributed by atoms with Crippen molar-refractivity contribution in [2.45, 2.75) is 43.9 Å². The summed E-state index contributed by atoms with van der Waals surface area (Å²) < 4.78 is 1.75. The molecule has 2 aromatic rings. The minimum atomic E-state index is -0.856. The maximum absolute atomic E-state index is 12.2. The van der Waals surface area contributed by atoms with E-state index in [9.17, 15) is 9.90 Å². The molecule has 8 heteroatoms. The lowest BCUT2D eigenvalue weighted by Gasteiger charge is -2.25. The van der Waals surface area contributed by atoms with Crippen molar-refractivity contribution in [1.82, 2.24) is 25.3 Å². The summed E-state index contributed by atoms with van der Waals surface area (Å²) in [4.78, 5) is 16.2. The topological polar surface area (TPSA) is 119 Å². The van der Waals surface area contributed by atoms with Crippen molar-refractivity contribution in [1.29, 1.82) is 0 Å². The Kier molecular flexibility index (Phi) is 5.17. The van der Waals surface area contributed by atoms with E-state index in [1.54, 1.807) is 35.3 Å². The summed E-state index contributed by atoms with van der Waals surface area (Å²) >= 11 is 0. The highest BCUT2D eigenvalue weighted by atomic mass is 16.3. The van der Waals surface area contributed by atoms with Crippen molar-refractivity contribution in [3.05, 3.63) is 42.0 Å². The van der Waals surface area contributed by atoms with Gasteiger partial charge in [-0.2, -0.15) is 0 Å². The van der Waals surface area contributed by atoms with Crippen molar-refractivity contribution in [3.8, 4) is 0 Å². The van der Waals surface area contributed by atoms with Crippen LogP contribution in [0.4, 0.5) is 0 Å². The van der Waals surface area contributed by atoms with E-state index in [0.29, 0.717) is 5.69 Å². The van der Waals surface area contributed by atoms with Gasteiger partial charge < -0.3 is 16.2 Å². The lowest BCUT2D eigenvalue weighted by Crippen LogP contribution is -2.29. The normalized spacial score (nSPS) is 22.1. The zero-order valence-electron chi connectivity index (χ0n) is 13.4. The molecule has 1 fully saturated rings. The van der Waals surface area contributed by atoms with E-state index in [1.165, 1.54) is 0 Å². The molecule has 4 N–H and O–H groups in total. The van der Waals surface area contributed by atoms with Crippen LogP contribution in [0.25, 0.3) is 0 Å². The van der Waals surface area contributed by atoms with Crippen LogP contribution in [0.15, 0.2) is 30.6 Å². The zero-order valence-corrected chi connectivity index (χ0v) is 13.4. The van der Waals surface area contributed by atoms with Gasteiger partial charge in [-0.25, -0.2) is 4.68 Å². The number of carbonyl (C=O) groups is 1. The Bertz CT molecular complexity index is 666. The molecule has 1 amide bonds. The largest absolute Gasteiger partial charge is 0.385 e. The Labute approximate surface area is 140 Å². The van der Waals surface area contributed by atoms with E-state index >= 15 is 0 Å². The standard InChI is InChI=1S/C16H22N6O2/c17-11-4-6-12(7-5-11)22-10-14(20-21-22)16(24)19-9-15(23)13-3-1-2-8-18-13/h1-3,8,10-12,15,23H,4-7,9,17H2,(H,19,24)/t11?,12?,15-/m1/s1. The highest BCUT2D eigenvalue weighted by Crippen LogP contribution is 2.26. The van der Waals surface area contributed by atoms with Gasteiger partial charge in [0.1, 0.15) is 6.10 Å². The smallest absolute Gasteiger partial charge is 0.273 e. The first-order chi connectivity index (χ1) is 11.6. The first-order valence-corrected chi connectivity index (χ1v) is 8.18. The van der Waals surface area contributed by atoms with Gasteiger partial charge >= 0.3 is 0 Å². The molecule has 128 valence electrons. The van der Waals surface area contributed by atoms with Crippen LogP contribution >= 0.6 is 0 Å². The van der Waals surface area contributed by atoms with Gasteiger partial charge in [0.15, 0.2) is 5.69 Å². The number of nitrogens with two attached hydrogens (primary N) is 1. The highest BCUT2D eigenvalue weighted by molar-refractivity contribution is 5.91. The highest BCUT2D eigenvalue weighted by Gasteiger charge is 2.22. The Morgan fingerprint density at radius 3 is 2.88 bits per heavy atom. The average Bonchev–Trinajstić information content (AvgIpc) is 3.11. The van der Waals surface area contributed by atoms with Gasteiger partial charge in [-0.15, -0.1) is 5.10 Å². The molecular formula is C16H22N6O2. The maximum atomic E-state index is 12.2. The first kappa shape index (κ1) is 16.5. The molecule has 0 spiro atoms. The van der Waals surface area contributed by atoms with E-state index < -0.39 is 6.10 Å². The van der Waals surface area contributed by atoms with E-state index in [2.05, 4.69) is 20.6 Å². The van der Waals surface area contributed by atoms with Crippen LogP contribution in [0.5, 0.6) is 0 Å². The third-order valence-corrected chi connectivity index (χ3v) is 4.34. The Morgan fingerprint density at radius 2 is 2.17 bits per heavy atom. The minimum absolute atomic E-state index is 0.0704. The predicted octanol–water partition coefficient (Wildman–Crippen LogP) is 0.579. The lowest BCUT2D eigenvalue weighted by atomic mass is 9.92. The Morgan fingerprint density at radius 1 is 1.38 bits per heavy atom. The molecule has 0 aliphatic heterocycles. The summed E-state index contributed by atoms with van der Waals surface area (Å²) in [6, 6.07) is 5.78. The Balaban J connectivity index is 1.54. The summed E-state index contributed by atoms with van der Waals surface area (Å²) in [5, 5.41) is 20.7. The predicted molar refractivity (Wildman–Crippen MR) is 87.0 cm³/mol. The molecule has 0 unspecified atom stereocenters. The third-order valence-electron chi connectivity index (χ3n) is 4.34. The summed E-state index contributed by atoms with van der Waals surface area (Å²) in [5.41, 5.74) is 6.67. The number of amides is 1. The monoisotopic (exact) mass is 330 g/mol. The van der Waals surface area contributed by atoms with Crippen molar-refractivity contribution < 1.29 is 9.90 Å². The quantitative estimate of drug-likeness (QED) is 0.738. The first-order valence-electron chi connectivity index (χ1n) is 8.18. The number of nitrogens with zero attached hydrogens (tertiary/aromatic N) is 4. The van der Waals surface area contributed by atoms with Crippen LogP contribution < -0.4 is 11.1 Å². The van der Waals surface area contributed by atoms with E-state index in [1.807, 2.05) is 0 Å². The van der Waals surface area contributed by atoms with Gasteiger partial charge in [0.05, 0.1) is 17.9 Å². The fraction of sp³-hybridized carbons (Fsp3) is 0.500. The van der Waals surface area contributed by atoms with Crippen LogP contribution in [-0.4, -0.2) is 43.6 Å². The number of hydrogen-bond acceptors (Lipinski definition) is 6. The van der Waals surface area contributed by atoms with Gasteiger partial charge in [0.2, 0.25) is 0 Å². The van der Waals surface area contributed by atoms with Crippen molar-refractivity contribution in [2.75, 3.05) is 6.54 Å². The number of rotatable bonds is 5. The molecule has 1 atom stereocenters. The molecule has 8 nitrogen and oxygen atoms in total. The summed E-state index contributed by atoms with van der Waals surface area (Å²) in [7, 11) is 0. The summed E-state index contributed by atoms with van der Waals surface area (Å²) in [6.45, 7) is 0.0704. The fourth-order valence-electron chi connectivity index (χ4n) is 2.88. The molecule has 1 saturated carbocycles. The molecule has 24 heavy (non-hydrogen) atoms. The second-order valence-electron chi connectivity index (χ2n) is 6.13. The molecule has 1 aliphatic carbocycles. The summed E-state index contributed by atoms with van der Waals surface area (Å²) in [5.74, 6) is -0.358. The number of aliphatic hydroxyl groups is 1. The van der Waals surface area contributed by atoms with Gasteiger partial charge in [-0.3, -0.25) is 9.78 Å². The fourth-order valence-corrected chi connectivity index (χ4v) is 2.88. The van der Waals surface area contributed by atoms with Gasteiger partial charge in [-0.1, -0.05) is 11.3 Å². The number of aromatic nitrogens is 4. The molecule has 0 aromatic carbocycles. The second kappa shape index (κ2) is 7.50. The van der Waals surface area contributed by atoms with Crippen LogP contribution in [0.2, 0.25) is 0 Å². The van der Waals surface area contributed by atoms with E-state index in [-0.39, 0.29) is 30.2 Å². The number of carbonyl (C=O) groups excluding carboxylic acids is 1. The zero-order chi connectivity index (χ0) is 16.9. The molecule has 0 saturated heterocycles. The second-order valence-corrected chi connectivity index (χ2v) is 6.13. The molecule has 0 radical (unpaired) electrons. The average molecular weight is 330 g/mol. The lowest BCUT2D eigenvalue weighted by molar-refractivity contribution is 0.0909. The van der Waals surface area contributed by atoms with E-state index in [0.717, 1.165) is 25.7 Å². The summed E-state index contributed by atoms with van der Waals surface area (Å²) in [6.07, 6.45) is 6.22. The Hall–Kier alpha value is -2.32. The van der Waals surface area contributed by atoms with Crippen molar-refractivity contribution in [2.24, 2.45) is 5.73 Å². The molecular weight excluding hydrogens is 308 g/mol. The number of hydrogen-bond donors (Lipinski definition) is 3. The molecule has 2 heterocycles. The van der Waals surface area contributed by atoms with Gasteiger partial charge in [-0.05, 0) is 37.8 Å². The molecule has 0 bridgehead atoms. The van der Waals surface area contributed by atoms with Crippen LogP contribution in [0.3, 0.4) is 0 Å². The van der Waals surface area contributed by atoms with E-state index in [4.69, 9.17) is 5.73 Å². The molecule has 2 aromatic heterocycles. The maximum Gasteiger partial charge on any atom is 0.273 e. The van der Waals surface area contributed by atoms with Crippen molar-refractivity contribution >= 4 is 5.91 Å². The number of aliphatic hydroxyl groups excluding tert-OH is 1. The molecule has 3 rings (SSSR count). The van der Waals surface area contributed by atoms with Crippen LogP contribution in [0.1, 0.15) is 54.0 Å². The SMILES string of the molecule is NC1CCC(n2cc(C(=O)NC[C@@H](O)c3ccccn3)nn2)CC1. The molecule has 1 aliphatic rings. The van der Waals surface area contributed by atoms with Crippen LogP contribution in [-0.2, 0) is 0 Å². The minimum Gasteiger partial charge on any atom is -0.385 e. The number of nitrogens with one attached hydrogen (secondary N) is 1. The number of pyridine rings is 1. The third kappa shape index (κ3) is 3.95. The van der Waals surface area contributed by atoms with Crippen molar-refractivity contribution in [3.63, 3.8) is 0 Å². The van der Waals surface area contributed by atoms with Crippen LogP contribution in [0, 0.1) is 0 Å². The van der Waals surface area contributed by atoms with Gasteiger partial charge in [0.25, 0.3) is 5.91 Å².